The number of hydrogen-bond acceptors (Lipinski definition) is 4. The number of hydrogen-bond donors (Lipinski definition) is 2. The van der Waals surface area contributed by atoms with Gasteiger partial charge in [-0.05, 0) is 56.8 Å². The highest BCUT2D eigenvalue weighted by Crippen LogP contribution is 2.26. The molecule has 1 aromatic carbocycles. The van der Waals surface area contributed by atoms with Crippen molar-refractivity contribution in [3.05, 3.63) is 30.3 Å². The Labute approximate surface area is 155 Å². The molecule has 0 bridgehead atoms. The van der Waals surface area contributed by atoms with Crippen molar-refractivity contribution in [1.29, 1.82) is 0 Å². The molecule has 0 spiro atoms. The van der Waals surface area contributed by atoms with Gasteiger partial charge in [-0.1, -0.05) is 18.2 Å². The number of halogens is 1. The van der Waals surface area contributed by atoms with Crippen molar-refractivity contribution in [1.82, 2.24) is 14.9 Å². The molecule has 0 aliphatic carbocycles. The van der Waals surface area contributed by atoms with Crippen LogP contribution in [0, 0.1) is 5.92 Å². The smallest absolute Gasteiger partial charge is 0.243 e. The molecule has 0 aromatic heterocycles. The first-order valence-corrected chi connectivity index (χ1v) is 10.1. The second-order valence-electron chi connectivity index (χ2n) is 6.53. The van der Waals surface area contributed by atoms with Gasteiger partial charge >= 0.3 is 0 Å². The zero-order valence-electron chi connectivity index (χ0n) is 14.2. The fourth-order valence-electron chi connectivity index (χ4n) is 3.50. The molecule has 140 valence electrons. The summed E-state index contributed by atoms with van der Waals surface area (Å²) in [6.45, 7) is 3.07. The molecule has 2 heterocycles. The first-order valence-electron chi connectivity index (χ1n) is 8.64. The predicted molar refractivity (Wildman–Crippen MR) is 99.2 cm³/mol. The largest absolute Gasteiger partial charge is 0.355 e. The highest BCUT2D eigenvalue weighted by Gasteiger charge is 2.39. The molecule has 2 aliphatic heterocycles. The fourth-order valence-corrected chi connectivity index (χ4v) is 5.17. The Morgan fingerprint density at radius 2 is 2.00 bits per heavy atom. The molecule has 3 rings (SSSR count). The highest BCUT2D eigenvalue weighted by molar-refractivity contribution is 7.89. The third kappa shape index (κ3) is 4.73. The SMILES string of the molecule is Cl.O=C(NCCC1CCNC1)C1CCCN1S(=O)(=O)c1ccccc1. The average Bonchev–Trinajstić information content (AvgIpc) is 3.27. The molecule has 2 aliphatic rings. The maximum absolute atomic E-state index is 12.8. The summed E-state index contributed by atoms with van der Waals surface area (Å²) < 4.78 is 26.9. The monoisotopic (exact) mass is 387 g/mol. The maximum atomic E-state index is 12.8. The number of nitrogens with one attached hydrogen (secondary N) is 2. The van der Waals surface area contributed by atoms with Crippen LogP contribution in [0.2, 0.25) is 0 Å². The summed E-state index contributed by atoms with van der Waals surface area (Å²) in [6, 6.07) is 7.76. The standard InChI is InChI=1S/C17H25N3O3S.ClH/c21-17(19-11-9-14-8-10-18-13-14)16-7-4-12-20(16)24(22,23)15-5-2-1-3-6-15;/h1-3,5-6,14,16,18H,4,7-13H2,(H,19,21);1H. The van der Waals surface area contributed by atoms with Gasteiger partial charge in [0.15, 0.2) is 0 Å². The third-order valence-corrected chi connectivity index (χ3v) is 6.79. The Morgan fingerprint density at radius 3 is 2.68 bits per heavy atom. The van der Waals surface area contributed by atoms with Crippen molar-refractivity contribution in [2.24, 2.45) is 5.92 Å². The molecule has 25 heavy (non-hydrogen) atoms. The fraction of sp³-hybridized carbons (Fsp3) is 0.588. The molecule has 1 amide bonds. The second-order valence-corrected chi connectivity index (χ2v) is 8.42. The van der Waals surface area contributed by atoms with Crippen molar-refractivity contribution < 1.29 is 13.2 Å². The number of carbonyl (C=O) groups excluding carboxylic acids is 1. The highest BCUT2D eigenvalue weighted by atomic mass is 35.5. The van der Waals surface area contributed by atoms with E-state index in [1.54, 1.807) is 30.3 Å². The lowest BCUT2D eigenvalue weighted by molar-refractivity contribution is -0.124. The van der Waals surface area contributed by atoms with E-state index >= 15 is 0 Å². The summed E-state index contributed by atoms with van der Waals surface area (Å²) in [7, 11) is -3.61. The van der Waals surface area contributed by atoms with Crippen LogP contribution in [0.3, 0.4) is 0 Å². The van der Waals surface area contributed by atoms with Gasteiger partial charge in [0.25, 0.3) is 0 Å². The Morgan fingerprint density at radius 1 is 1.24 bits per heavy atom. The lowest BCUT2D eigenvalue weighted by atomic mass is 10.1. The van der Waals surface area contributed by atoms with E-state index in [0.29, 0.717) is 25.4 Å². The van der Waals surface area contributed by atoms with Gasteiger partial charge in [0, 0.05) is 13.1 Å². The first kappa shape index (κ1) is 20.2. The van der Waals surface area contributed by atoms with Crippen LogP contribution in [0.4, 0.5) is 0 Å². The Bertz CT molecular complexity index is 663. The van der Waals surface area contributed by atoms with Crippen LogP contribution in [0.5, 0.6) is 0 Å². The minimum Gasteiger partial charge on any atom is -0.355 e. The second kappa shape index (κ2) is 8.98. The number of sulfonamides is 1. The van der Waals surface area contributed by atoms with Gasteiger partial charge in [-0.15, -0.1) is 12.4 Å². The van der Waals surface area contributed by atoms with Crippen molar-refractivity contribution >= 4 is 28.3 Å². The quantitative estimate of drug-likeness (QED) is 0.772. The van der Waals surface area contributed by atoms with Crippen molar-refractivity contribution in [3.63, 3.8) is 0 Å². The van der Waals surface area contributed by atoms with E-state index in [2.05, 4.69) is 10.6 Å². The number of benzene rings is 1. The number of nitrogens with zero attached hydrogens (tertiary/aromatic N) is 1. The van der Waals surface area contributed by atoms with Gasteiger partial charge in [0.05, 0.1) is 4.90 Å². The zero-order valence-corrected chi connectivity index (χ0v) is 15.8. The number of rotatable bonds is 6. The number of amides is 1. The summed E-state index contributed by atoms with van der Waals surface area (Å²) in [5.74, 6) is 0.441. The Balaban J connectivity index is 0.00000225. The van der Waals surface area contributed by atoms with E-state index in [-0.39, 0.29) is 23.2 Å². The van der Waals surface area contributed by atoms with Crippen LogP contribution in [-0.2, 0) is 14.8 Å². The van der Waals surface area contributed by atoms with Gasteiger partial charge < -0.3 is 10.6 Å². The molecular formula is C17H26ClN3O3S. The van der Waals surface area contributed by atoms with E-state index < -0.39 is 16.1 Å². The predicted octanol–water partition coefficient (Wildman–Crippen LogP) is 1.38. The van der Waals surface area contributed by atoms with E-state index in [1.165, 1.54) is 4.31 Å². The Hall–Kier alpha value is -1.15. The van der Waals surface area contributed by atoms with E-state index in [1.807, 2.05) is 0 Å². The van der Waals surface area contributed by atoms with Gasteiger partial charge in [-0.3, -0.25) is 4.79 Å². The third-order valence-electron chi connectivity index (χ3n) is 4.87. The van der Waals surface area contributed by atoms with Crippen molar-refractivity contribution in [2.45, 2.75) is 36.6 Å². The van der Waals surface area contributed by atoms with Crippen LogP contribution in [-0.4, -0.2) is 50.9 Å². The first-order chi connectivity index (χ1) is 11.6. The molecule has 2 atom stereocenters. The molecule has 2 saturated heterocycles. The molecule has 1 aromatic rings. The molecule has 8 heteroatoms. The van der Waals surface area contributed by atoms with Gasteiger partial charge in [-0.2, -0.15) is 4.31 Å². The normalized spacial score (nSPS) is 24.0. The average molecular weight is 388 g/mol. The van der Waals surface area contributed by atoms with Gasteiger partial charge in [-0.25, -0.2) is 8.42 Å². The van der Waals surface area contributed by atoms with Crippen LogP contribution >= 0.6 is 12.4 Å². The number of carbonyl (C=O) groups is 1. The molecule has 6 nitrogen and oxygen atoms in total. The molecule has 0 radical (unpaired) electrons. The summed E-state index contributed by atoms with van der Waals surface area (Å²) in [4.78, 5) is 12.7. The summed E-state index contributed by atoms with van der Waals surface area (Å²) in [5, 5.41) is 6.24. The minimum absolute atomic E-state index is 0. The van der Waals surface area contributed by atoms with E-state index in [4.69, 9.17) is 0 Å². The van der Waals surface area contributed by atoms with Gasteiger partial charge in [0.2, 0.25) is 15.9 Å². The van der Waals surface area contributed by atoms with Crippen LogP contribution in [0.1, 0.15) is 25.7 Å². The zero-order chi connectivity index (χ0) is 17.0. The topological polar surface area (TPSA) is 78.5 Å². The van der Waals surface area contributed by atoms with Crippen LogP contribution in [0.15, 0.2) is 35.2 Å². The van der Waals surface area contributed by atoms with Crippen molar-refractivity contribution in [2.75, 3.05) is 26.2 Å². The van der Waals surface area contributed by atoms with Crippen LogP contribution < -0.4 is 10.6 Å². The van der Waals surface area contributed by atoms with Crippen LogP contribution in [0.25, 0.3) is 0 Å². The molecule has 2 unspecified atom stereocenters. The van der Waals surface area contributed by atoms with Crippen molar-refractivity contribution in [3.8, 4) is 0 Å². The lowest BCUT2D eigenvalue weighted by Crippen LogP contribution is -2.46. The molecule has 2 fully saturated rings. The minimum atomic E-state index is -3.61. The van der Waals surface area contributed by atoms with Gasteiger partial charge in [0.1, 0.15) is 6.04 Å². The summed E-state index contributed by atoms with van der Waals surface area (Å²) >= 11 is 0. The summed E-state index contributed by atoms with van der Waals surface area (Å²) in [6.07, 6.45) is 3.39. The van der Waals surface area contributed by atoms with E-state index in [0.717, 1.165) is 32.4 Å². The molecular weight excluding hydrogens is 362 g/mol. The Kier molecular flexibility index (Phi) is 7.25. The maximum Gasteiger partial charge on any atom is 0.243 e. The van der Waals surface area contributed by atoms with E-state index in [9.17, 15) is 13.2 Å². The molecule has 0 saturated carbocycles. The lowest BCUT2D eigenvalue weighted by Gasteiger charge is -2.23. The summed E-state index contributed by atoms with van der Waals surface area (Å²) in [5.41, 5.74) is 0. The molecule has 2 N–H and O–H groups in total.